The number of carbonyl (C=O) groups is 1. The summed E-state index contributed by atoms with van der Waals surface area (Å²) < 4.78 is 6.42. The molecule has 0 atom stereocenters. The van der Waals surface area contributed by atoms with Crippen molar-refractivity contribution in [1.29, 1.82) is 0 Å². The molecule has 0 fully saturated rings. The van der Waals surface area contributed by atoms with Crippen LogP contribution >= 0.6 is 11.6 Å². The average molecular weight is 211 g/mol. The van der Waals surface area contributed by atoms with Crippen LogP contribution < -0.4 is 0 Å². The van der Waals surface area contributed by atoms with Crippen molar-refractivity contribution in [2.45, 2.75) is 6.54 Å². The molecule has 0 aliphatic rings. The summed E-state index contributed by atoms with van der Waals surface area (Å²) in [6, 6.07) is 3.29. The Morgan fingerprint density at radius 2 is 2.50 bits per heavy atom. The fraction of sp³-hybridized carbons (Fsp3) is 0.111. The molecule has 72 valence electrons. The van der Waals surface area contributed by atoms with E-state index in [1.54, 1.807) is 18.3 Å². The summed E-state index contributed by atoms with van der Waals surface area (Å²) in [5.41, 5.74) is 0. The van der Waals surface area contributed by atoms with E-state index in [-0.39, 0.29) is 12.3 Å². The smallest absolute Gasteiger partial charge is 0.219 e. The van der Waals surface area contributed by atoms with Crippen molar-refractivity contribution in [1.82, 2.24) is 9.78 Å². The van der Waals surface area contributed by atoms with Gasteiger partial charge >= 0.3 is 0 Å². The molecule has 0 amide bonds. The second kappa shape index (κ2) is 3.67. The first-order valence-electron chi connectivity index (χ1n) is 4.00. The van der Waals surface area contributed by atoms with Gasteiger partial charge < -0.3 is 4.42 Å². The molecule has 0 aliphatic carbocycles. The second-order valence-corrected chi connectivity index (χ2v) is 3.19. The fourth-order valence-corrected chi connectivity index (χ4v) is 1.24. The van der Waals surface area contributed by atoms with E-state index in [1.165, 1.54) is 17.1 Å². The normalized spacial score (nSPS) is 10.4. The van der Waals surface area contributed by atoms with Crippen LogP contribution in [0.1, 0.15) is 10.6 Å². The predicted octanol–water partition coefficient (Wildman–Crippen LogP) is 2.01. The first-order valence-corrected chi connectivity index (χ1v) is 4.38. The van der Waals surface area contributed by atoms with Gasteiger partial charge in [-0.3, -0.25) is 9.48 Å². The van der Waals surface area contributed by atoms with Crippen molar-refractivity contribution >= 4 is 17.4 Å². The Bertz CT molecular complexity index is 433. The lowest BCUT2D eigenvalue weighted by Crippen LogP contribution is -2.09. The van der Waals surface area contributed by atoms with Gasteiger partial charge in [0.1, 0.15) is 6.54 Å². The van der Waals surface area contributed by atoms with E-state index in [0.717, 1.165) is 0 Å². The van der Waals surface area contributed by atoms with E-state index < -0.39 is 0 Å². The summed E-state index contributed by atoms with van der Waals surface area (Å²) in [5, 5.41) is 4.40. The molecule has 0 aromatic carbocycles. The minimum atomic E-state index is -0.130. The van der Waals surface area contributed by atoms with Crippen LogP contribution in [0.4, 0.5) is 0 Å². The monoisotopic (exact) mass is 210 g/mol. The Hall–Kier alpha value is -1.55. The van der Waals surface area contributed by atoms with Gasteiger partial charge in [0.2, 0.25) is 5.78 Å². The summed E-state index contributed by atoms with van der Waals surface area (Å²) >= 11 is 5.65. The highest BCUT2D eigenvalue weighted by molar-refractivity contribution is 6.30. The van der Waals surface area contributed by atoms with E-state index in [1.807, 2.05) is 0 Å². The number of aromatic nitrogens is 2. The van der Waals surface area contributed by atoms with Crippen LogP contribution in [0.25, 0.3) is 0 Å². The molecule has 2 rings (SSSR count). The molecule has 4 nitrogen and oxygen atoms in total. The number of rotatable bonds is 3. The molecule has 2 aromatic heterocycles. The van der Waals surface area contributed by atoms with E-state index >= 15 is 0 Å². The van der Waals surface area contributed by atoms with Crippen LogP contribution in [0.5, 0.6) is 0 Å². The number of nitrogens with zero attached hydrogens (tertiary/aromatic N) is 2. The van der Waals surface area contributed by atoms with Gasteiger partial charge in [0.25, 0.3) is 0 Å². The van der Waals surface area contributed by atoms with Crippen LogP contribution in [0.2, 0.25) is 5.02 Å². The largest absolute Gasteiger partial charge is 0.461 e. The molecule has 0 N–H and O–H groups in total. The van der Waals surface area contributed by atoms with E-state index in [4.69, 9.17) is 16.0 Å². The molecule has 2 heterocycles. The maximum Gasteiger partial charge on any atom is 0.219 e. The summed E-state index contributed by atoms with van der Waals surface area (Å²) in [4.78, 5) is 11.5. The third-order valence-corrected chi connectivity index (χ3v) is 1.90. The lowest BCUT2D eigenvalue weighted by molar-refractivity contribution is 0.0940. The molecule has 14 heavy (non-hydrogen) atoms. The molecule has 0 saturated carbocycles. The maximum absolute atomic E-state index is 11.5. The third-order valence-electron chi connectivity index (χ3n) is 1.70. The highest BCUT2D eigenvalue weighted by atomic mass is 35.5. The quantitative estimate of drug-likeness (QED) is 0.729. The Balaban J connectivity index is 2.09. The summed E-state index contributed by atoms with van der Waals surface area (Å²) in [6.07, 6.45) is 4.53. The van der Waals surface area contributed by atoms with Crippen LogP contribution in [0.15, 0.2) is 35.2 Å². The fourth-order valence-electron chi connectivity index (χ4n) is 1.09. The number of ketones is 1. The molecule has 0 aliphatic heterocycles. The van der Waals surface area contributed by atoms with Gasteiger partial charge in [-0.05, 0) is 12.1 Å². The van der Waals surface area contributed by atoms with E-state index in [2.05, 4.69) is 5.10 Å². The zero-order valence-corrected chi connectivity index (χ0v) is 7.94. The van der Waals surface area contributed by atoms with Crippen LogP contribution in [-0.2, 0) is 6.54 Å². The number of furan rings is 1. The van der Waals surface area contributed by atoms with Gasteiger partial charge in [0.05, 0.1) is 17.5 Å². The summed E-state index contributed by atoms with van der Waals surface area (Å²) in [6.45, 7) is 0.139. The molecular weight excluding hydrogens is 204 g/mol. The highest BCUT2D eigenvalue weighted by Crippen LogP contribution is 2.07. The van der Waals surface area contributed by atoms with Crippen molar-refractivity contribution in [3.05, 3.63) is 41.6 Å². The zero-order chi connectivity index (χ0) is 9.97. The number of hydrogen-bond acceptors (Lipinski definition) is 3. The van der Waals surface area contributed by atoms with Gasteiger partial charge in [-0.15, -0.1) is 0 Å². The minimum absolute atomic E-state index is 0.130. The Labute approximate surface area is 85.1 Å². The van der Waals surface area contributed by atoms with Crippen LogP contribution in [0.3, 0.4) is 0 Å². The number of carbonyl (C=O) groups excluding carboxylic acids is 1. The molecule has 0 radical (unpaired) electrons. The average Bonchev–Trinajstić information content (AvgIpc) is 2.75. The SMILES string of the molecule is O=C(Cn1cc(Cl)cn1)c1ccco1. The maximum atomic E-state index is 11.5. The first kappa shape index (κ1) is 9.02. The lowest BCUT2D eigenvalue weighted by atomic mass is 10.3. The van der Waals surface area contributed by atoms with Gasteiger partial charge in [0, 0.05) is 6.20 Å². The highest BCUT2D eigenvalue weighted by Gasteiger charge is 2.09. The van der Waals surface area contributed by atoms with Crippen molar-refractivity contribution in [3.63, 3.8) is 0 Å². The molecule has 0 spiro atoms. The number of halogens is 1. The number of hydrogen-bond donors (Lipinski definition) is 0. The van der Waals surface area contributed by atoms with Crippen molar-refractivity contribution < 1.29 is 9.21 Å². The number of Topliss-reactive ketones (excluding diaryl/α,β-unsaturated/α-hetero) is 1. The molecule has 5 heteroatoms. The summed E-state index contributed by atoms with van der Waals surface area (Å²) in [5.74, 6) is 0.200. The van der Waals surface area contributed by atoms with Crippen molar-refractivity contribution in [2.24, 2.45) is 0 Å². The zero-order valence-electron chi connectivity index (χ0n) is 7.18. The van der Waals surface area contributed by atoms with Crippen molar-refractivity contribution in [2.75, 3.05) is 0 Å². The van der Waals surface area contributed by atoms with Gasteiger partial charge in [-0.25, -0.2) is 0 Å². The van der Waals surface area contributed by atoms with Gasteiger partial charge in [-0.1, -0.05) is 11.6 Å². The Morgan fingerprint density at radius 1 is 1.64 bits per heavy atom. The first-order chi connectivity index (χ1) is 6.75. The topological polar surface area (TPSA) is 48.0 Å². The second-order valence-electron chi connectivity index (χ2n) is 2.76. The van der Waals surface area contributed by atoms with Crippen molar-refractivity contribution in [3.8, 4) is 0 Å². The van der Waals surface area contributed by atoms with Gasteiger partial charge in [0.15, 0.2) is 5.76 Å². The minimum Gasteiger partial charge on any atom is -0.461 e. The standard InChI is InChI=1S/C9H7ClN2O2/c10-7-4-11-12(5-7)6-8(13)9-2-1-3-14-9/h1-5H,6H2. The van der Waals surface area contributed by atoms with Crippen LogP contribution in [0, 0.1) is 0 Å². The molecule has 0 bridgehead atoms. The predicted molar refractivity (Wildman–Crippen MR) is 50.3 cm³/mol. The Morgan fingerprint density at radius 3 is 3.07 bits per heavy atom. The lowest BCUT2D eigenvalue weighted by Gasteiger charge is -1.96. The Kier molecular flexibility index (Phi) is 2.37. The molecule has 0 saturated heterocycles. The molecular formula is C9H7ClN2O2. The van der Waals surface area contributed by atoms with Crippen LogP contribution in [-0.4, -0.2) is 15.6 Å². The third kappa shape index (κ3) is 1.85. The van der Waals surface area contributed by atoms with Gasteiger partial charge in [-0.2, -0.15) is 5.10 Å². The van der Waals surface area contributed by atoms with E-state index in [9.17, 15) is 4.79 Å². The molecule has 0 unspecified atom stereocenters. The molecule has 2 aromatic rings. The van der Waals surface area contributed by atoms with E-state index in [0.29, 0.717) is 10.8 Å². The summed E-state index contributed by atoms with van der Waals surface area (Å²) in [7, 11) is 0.